The first kappa shape index (κ1) is 23.6. The van der Waals surface area contributed by atoms with E-state index in [4.69, 9.17) is 10.6 Å². The monoisotopic (exact) mass is 471 g/mol. The average molecular weight is 472 g/mol. The van der Waals surface area contributed by atoms with E-state index >= 15 is 4.39 Å². The summed E-state index contributed by atoms with van der Waals surface area (Å²) >= 11 is 0. The molecule has 1 aromatic carbocycles. The number of amides is 1. The molecule has 3 aromatic rings. The minimum absolute atomic E-state index is 0.0647. The van der Waals surface area contributed by atoms with Crippen LogP contribution in [0.25, 0.3) is 16.6 Å². The van der Waals surface area contributed by atoms with Crippen LogP contribution in [0.1, 0.15) is 63.7 Å². The van der Waals surface area contributed by atoms with Gasteiger partial charge in [-0.25, -0.2) is 14.0 Å². The maximum Gasteiger partial charge on any atom is 0.410 e. The summed E-state index contributed by atoms with van der Waals surface area (Å²) < 4.78 is 24.4. The number of benzene rings is 1. The van der Waals surface area contributed by atoms with Crippen LogP contribution in [0.15, 0.2) is 34.1 Å². The van der Waals surface area contributed by atoms with E-state index in [1.807, 2.05) is 6.92 Å². The summed E-state index contributed by atoms with van der Waals surface area (Å²) in [6, 6.07) is 2.53. The lowest BCUT2D eigenvalue weighted by molar-refractivity contribution is 0.0234. The Balaban J connectivity index is 1.80. The Bertz CT molecular complexity index is 1410. The molecular formula is C24H30FN5O4. The number of nitrogens with two attached hydrogens (primary N) is 1. The maximum atomic E-state index is 15.3. The first-order valence-electron chi connectivity index (χ1n) is 11.2. The van der Waals surface area contributed by atoms with Crippen molar-refractivity contribution in [2.24, 2.45) is 0 Å². The molecule has 0 radical (unpaired) electrons. The molecule has 1 fully saturated rings. The van der Waals surface area contributed by atoms with Crippen molar-refractivity contribution in [2.75, 3.05) is 12.9 Å². The van der Waals surface area contributed by atoms with E-state index in [1.165, 1.54) is 9.47 Å². The third-order valence-electron chi connectivity index (χ3n) is 6.20. The molecule has 0 aliphatic heterocycles. The molecule has 2 N–H and O–H groups in total. The minimum atomic E-state index is -0.730. The van der Waals surface area contributed by atoms with Gasteiger partial charge in [-0.05, 0) is 65.2 Å². The molecule has 9 nitrogen and oxygen atoms in total. The van der Waals surface area contributed by atoms with Crippen LogP contribution >= 0.6 is 0 Å². The average Bonchev–Trinajstić information content (AvgIpc) is 3.47. The number of carbonyl (C=O) groups excluding carboxylic acids is 1. The van der Waals surface area contributed by atoms with Crippen molar-refractivity contribution in [1.82, 2.24) is 18.7 Å². The number of hydrogen-bond acceptors (Lipinski definition) is 5. The van der Waals surface area contributed by atoms with E-state index in [0.717, 1.165) is 24.5 Å². The molecule has 0 spiro atoms. The SMILES string of the molecule is Cc1c(-n2ccc([C@@H](C)N(C)C(=O)OC(C)(C)C)c2)c(F)cc2c(=O)n(N)c(=O)n(C3CC3)c12. The van der Waals surface area contributed by atoms with Crippen molar-refractivity contribution < 1.29 is 13.9 Å². The van der Waals surface area contributed by atoms with Crippen molar-refractivity contribution in [2.45, 2.75) is 65.1 Å². The molecule has 1 atom stereocenters. The first-order chi connectivity index (χ1) is 15.8. The van der Waals surface area contributed by atoms with Gasteiger partial charge in [0.05, 0.1) is 22.6 Å². The number of rotatable bonds is 4. The molecule has 0 unspecified atom stereocenters. The van der Waals surface area contributed by atoms with Crippen molar-refractivity contribution >= 4 is 17.0 Å². The van der Waals surface area contributed by atoms with Crippen LogP contribution < -0.4 is 17.1 Å². The Morgan fingerprint density at radius 3 is 2.53 bits per heavy atom. The maximum absolute atomic E-state index is 15.3. The van der Waals surface area contributed by atoms with Gasteiger partial charge in [0.2, 0.25) is 0 Å². The van der Waals surface area contributed by atoms with Crippen LogP contribution in [0, 0.1) is 12.7 Å². The lowest BCUT2D eigenvalue weighted by Gasteiger charge is -2.28. The molecule has 2 heterocycles. The normalized spacial score (nSPS) is 14.9. The Kier molecular flexibility index (Phi) is 5.58. The van der Waals surface area contributed by atoms with Gasteiger partial charge in [-0.3, -0.25) is 9.36 Å². The topological polar surface area (TPSA) is 104 Å². The zero-order chi connectivity index (χ0) is 25.1. The molecule has 10 heteroatoms. The van der Waals surface area contributed by atoms with Crippen LogP contribution in [0.4, 0.5) is 9.18 Å². The molecule has 1 aliphatic rings. The molecule has 0 bridgehead atoms. The third kappa shape index (κ3) is 3.97. The van der Waals surface area contributed by atoms with Crippen molar-refractivity contribution in [3.63, 3.8) is 0 Å². The molecule has 34 heavy (non-hydrogen) atoms. The fourth-order valence-corrected chi connectivity index (χ4v) is 4.16. The molecular weight excluding hydrogens is 441 g/mol. The highest BCUT2D eigenvalue weighted by atomic mass is 19.1. The van der Waals surface area contributed by atoms with Crippen molar-refractivity contribution in [1.29, 1.82) is 0 Å². The van der Waals surface area contributed by atoms with E-state index in [1.54, 1.807) is 57.8 Å². The molecule has 182 valence electrons. The number of carbonyl (C=O) groups is 1. The van der Waals surface area contributed by atoms with Gasteiger partial charge in [0.15, 0.2) is 0 Å². The van der Waals surface area contributed by atoms with E-state index in [-0.39, 0.29) is 23.2 Å². The summed E-state index contributed by atoms with van der Waals surface area (Å²) in [7, 11) is 1.64. The summed E-state index contributed by atoms with van der Waals surface area (Å²) in [6.07, 6.45) is 4.54. The van der Waals surface area contributed by atoms with Crippen LogP contribution in [0.5, 0.6) is 0 Å². The van der Waals surface area contributed by atoms with Gasteiger partial charge in [-0.15, -0.1) is 0 Å². The smallest absolute Gasteiger partial charge is 0.410 e. The van der Waals surface area contributed by atoms with Crippen LogP contribution in [-0.4, -0.2) is 37.5 Å². The van der Waals surface area contributed by atoms with Gasteiger partial charge in [-0.2, -0.15) is 4.68 Å². The molecule has 1 amide bonds. The van der Waals surface area contributed by atoms with Gasteiger partial charge in [0.25, 0.3) is 5.56 Å². The number of nitrogen functional groups attached to an aromatic ring is 1. The standard InChI is InChI=1S/C24H30FN5O4/c1-13-19-17(21(31)30(26)22(32)29(19)16-7-8-16)11-18(25)20(13)28-10-9-15(12-28)14(2)27(6)23(33)34-24(3,4)5/h9-12,14,16H,7-8,26H2,1-6H3/t14-/m1/s1. The lowest BCUT2D eigenvalue weighted by atomic mass is 10.1. The largest absolute Gasteiger partial charge is 0.444 e. The minimum Gasteiger partial charge on any atom is -0.444 e. The fourth-order valence-electron chi connectivity index (χ4n) is 4.16. The molecule has 0 saturated heterocycles. The number of aromatic nitrogens is 3. The second-order valence-corrected chi connectivity index (χ2v) is 9.91. The lowest BCUT2D eigenvalue weighted by Crippen LogP contribution is -2.44. The number of nitrogens with zero attached hydrogens (tertiary/aromatic N) is 4. The number of fused-ring (bicyclic) bond motifs is 1. The van der Waals surface area contributed by atoms with E-state index in [2.05, 4.69) is 0 Å². The summed E-state index contributed by atoms with van der Waals surface area (Å²) in [4.78, 5) is 39.3. The van der Waals surface area contributed by atoms with Gasteiger partial charge in [0, 0.05) is 31.0 Å². The highest BCUT2D eigenvalue weighted by Crippen LogP contribution is 2.37. The first-order valence-corrected chi connectivity index (χ1v) is 11.2. The molecule has 2 aromatic heterocycles. The highest BCUT2D eigenvalue weighted by molar-refractivity contribution is 5.85. The van der Waals surface area contributed by atoms with E-state index in [0.29, 0.717) is 15.8 Å². The summed E-state index contributed by atoms with van der Waals surface area (Å²) in [5, 5.41) is 0.0677. The predicted octanol–water partition coefficient (Wildman–Crippen LogP) is 3.38. The number of aryl methyl sites for hydroxylation is 1. The Labute approximate surface area is 196 Å². The fraction of sp³-hybridized carbons (Fsp3) is 0.458. The number of hydrogen-bond donors (Lipinski definition) is 1. The second-order valence-electron chi connectivity index (χ2n) is 9.91. The quantitative estimate of drug-likeness (QED) is 0.588. The van der Waals surface area contributed by atoms with E-state index in [9.17, 15) is 14.4 Å². The Hall–Kier alpha value is -3.56. The van der Waals surface area contributed by atoms with Crippen LogP contribution in [0.2, 0.25) is 0 Å². The van der Waals surface area contributed by atoms with Gasteiger partial charge in [-0.1, -0.05) is 0 Å². The van der Waals surface area contributed by atoms with Crippen LogP contribution in [0.3, 0.4) is 0 Å². The summed E-state index contributed by atoms with van der Waals surface area (Å²) in [5.41, 5.74) is -0.107. The number of ether oxygens (including phenoxy) is 1. The third-order valence-corrected chi connectivity index (χ3v) is 6.20. The van der Waals surface area contributed by atoms with Crippen LogP contribution in [-0.2, 0) is 4.74 Å². The Morgan fingerprint density at radius 1 is 1.29 bits per heavy atom. The summed E-state index contributed by atoms with van der Waals surface area (Å²) in [6.45, 7) is 8.93. The van der Waals surface area contributed by atoms with Crippen molar-refractivity contribution in [3.8, 4) is 5.69 Å². The molecule has 4 rings (SSSR count). The summed E-state index contributed by atoms with van der Waals surface area (Å²) in [5.74, 6) is 5.08. The van der Waals surface area contributed by atoms with Crippen molar-refractivity contribution in [3.05, 3.63) is 62.3 Å². The second kappa shape index (κ2) is 8.03. The van der Waals surface area contributed by atoms with Gasteiger partial charge >= 0.3 is 11.8 Å². The highest BCUT2D eigenvalue weighted by Gasteiger charge is 2.30. The molecule has 1 aliphatic carbocycles. The predicted molar refractivity (Wildman–Crippen MR) is 127 cm³/mol. The zero-order valence-electron chi connectivity index (χ0n) is 20.3. The van der Waals surface area contributed by atoms with Gasteiger partial charge in [0.1, 0.15) is 11.4 Å². The van der Waals surface area contributed by atoms with E-state index < -0.39 is 28.8 Å². The Morgan fingerprint density at radius 2 is 1.94 bits per heavy atom. The van der Waals surface area contributed by atoms with Gasteiger partial charge < -0.3 is 20.0 Å². The number of halogens is 1. The zero-order valence-corrected chi connectivity index (χ0v) is 20.3. The molecule has 1 saturated carbocycles.